The first-order valence-corrected chi connectivity index (χ1v) is 7.27. The number of nitrogens with one attached hydrogen (secondary N) is 2. The number of halogens is 1. The molecule has 1 aromatic heterocycles. The topological polar surface area (TPSA) is 60.3 Å². The standard InChI is InChI=1S/C14H17ClN4O2S/c1-19-12(10(15)7-17-19)8-16-14(22)18-11-5-4-9(20-2)6-13(11)21-3/h4-7H,8H2,1-3H3,(H2,16,18,22). The predicted molar refractivity (Wildman–Crippen MR) is 90.8 cm³/mol. The Morgan fingerprint density at radius 2 is 2.14 bits per heavy atom. The van der Waals surface area contributed by atoms with Crippen LogP contribution in [0.5, 0.6) is 11.5 Å². The number of methoxy groups -OCH3 is 2. The van der Waals surface area contributed by atoms with Gasteiger partial charge in [0.2, 0.25) is 0 Å². The van der Waals surface area contributed by atoms with Crippen molar-refractivity contribution in [3.05, 3.63) is 35.1 Å². The maximum absolute atomic E-state index is 6.05. The number of hydrogen-bond acceptors (Lipinski definition) is 4. The number of aryl methyl sites for hydroxylation is 1. The second kappa shape index (κ2) is 7.33. The Kier molecular flexibility index (Phi) is 5.46. The molecule has 0 radical (unpaired) electrons. The van der Waals surface area contributed by atoms with E-state index in [-0.39, 0.29) is 0 Å². The number of aromatic nitrogens is 2. The average molecular weight is 341 g/mol. The molecule has 0 amide bonds. The minimum atomic E-state index is 0.459. The van der Waals surface area contributed by atoms with Crippen molar-refractivity contribution in [2.75, 3.05) is 19.5 Å². The normalized spacial score (nSPS) is 10.2. The monoisotopic (exact) mass is 340 g/mol. The van der Waals surface area contributed by atoms with Crippen LogP contribution in [0, 0.1) is 0 Å². The Morgan fingerprint density at radius 3 is 2.73 bits per heavy atom. The Balaban J connectivity index is 2.00. The average Bonchev–Trinajstić information content (AvgIpc) is 2.84. The molecule has 2 N–H and O–H groups in total. The molecule has 0 atom stereocenters. The number of hydrogen-bond donors (Lipinski definition) is 2. The van der Waals surface area contributed by atoms with Crippen LogP contribution in [0.25, 0.3) is 0 Å². The van der Waals surface area contributed by atoms with E-state index in [0.717, 1.165) is 11.4 Å². The Morgan fingerprint density at radius 1 is 1.36 bits per heavy atom. The summed E-state index contributed by atoms with van der Waals surface area (Å²) in [6.45, 7) is 0.472. The molecule has 2 rings (SSSR count). The fourth-order valence-electron chi connectivity index (χ4n) is 1.87. The molecule has 0 bridgehead atoms. The summed E-state index contributed by atoms with van der Waals surface area (Å²) in [5.74, 6) is 1.35. The van der Waals surface area contributed by atoms with Crippen molar-refractivity contribution in [2.24, 2.45) is 7.05 Å². The summed E-state index contributed by atoms with van der Waals surface area (Å²) in [4.78, 5) is 0. The third-order valence-electron chi connectivity index (χ3n) is 3.08. The van der Waals surface area contributed by atoms with Crippen LogP contribution < -0.4 is 20.1 Å². The van der Waals surface area contributed by atoms with Gasteiger partial charge in [0.25, 0.3) is 0 Å². The third kappa shape index (κ3) is 3.80. The number of rotatable bonds is 5. The van der Waals surface area contributed by atoms with Crippen molar-refractivity contribution in [3.63, 3.8) is 0 Å². The molecule has 22 heavy (non-hydrogen) atoms. The van der Waals surface area contributed by atoms with Gasteiger partial charge in [0.05, 0.1) is 43.4 Å². The molecule has 6 nitrogen and oxygen atoms in total. The molecule has 0 aliphatic rings. The van der Waals surface area contributed by atoms with Gasteiger partial charge in [-0.25, -0.2) is 0 Å². The highest BCUT2D eigenvalue weighted by Gasteiger charge is 2.09. The molecule has 0 aliphatic carbocycles. The van der Waals surface area contributed by atoms with E-state index >= 15 is 0 Å². The summed E-state index contributed by atoms with van der Waals surface area (Å²) in [6.07, 6.45) is 1.60. The molecule has 0 unspecified atom stereocenters. The molecule has 0 aliphatic heterocycles. The molecular formula is C14H17ClN4O2S. The first-order valence-electron chi connectivity index (χ1n) is 6.48. The zero-order chi connectivity index (χ0) is 16.1. The summed E-state index contributed by atoms with van der Waals surface area (Å²) >= 11 is 11.3. The van der Waals surface area contributed by atoms with Gasteiger partial charge in [0.15, 0.2) is 5.11 Å². The molecule has 1 heterocycles. The third-order valence-corrected chi connectivity index (χ3v) is 3.65. The largest absolute Gasteiger partial charge is 0.497 e. The molecular weight excluding hydrogens is 324 g/mol. The molecule has 118 valence electrons. The van der Waals surface area contributed by atoms with Gasteiger partial charge in [-0.05, 0) is 24.4 Å². The highest BCUT2D eigenvalue weighted by atomic mass is 35.5. The summed E-state index contributed by atoms with van der Waals surface area (Å²) in [7, 11) is 5.02. The fraction of sp³-hybridized carbons (Fsp3) is 0.286. The van der Waals surface area contributed by atoms with Gasteiger partial charge < -0.3 is 20.1 Å². The lowest BCUT2D eigenvalue weighted by Gasteiger charge is -2.14. The van der Waals surface area contributed by atoms with Crippen LogP contribution in [0.15, 0.2) is 24.4 Å². The molecule has 8 heteroatoms. The zero-order valence-corrected chi connectivity index (χ0v) is 14.1. The molecule has 0 spiro atoms. The highest BCUT2D eigenvalue weighted by Crippen LogP contribution is 2.28. The van der Waals surface area contributed by atoms with E-state index in [1.807, 2.05) is 19.2 Å². The van der Waals surface area contributed by atoms with E-state index in [0.29, 0.717) is 28.2 Å². The lowest BCUT2D eigenvalue weighted by atomic mass is 10.2. The summed E-state index contributed by atoms with van der Waals surface area (Å²) < 4.78 is 12.2. The van der Waals surface area contributed by atoms with Gasteiger partial charge >= 0.3 is 0 Å². The number of thiocarbonyl (C=S) groups is 1. The van der Waals surface area contributed by atoms with Gasteiger partial charge in [-0.3, -0.25) is 4.68 Å². The maximum atomic E-state index is 6.05. The zero-order valence-electron chi connectivity index (χ0n) is 12.5. The second-order valence-corrected chi connectivity index (χ2v) is 5.25. The predicted octanol–water partition coefficient (Wildman–Crippen LogP) is 2.58. The van der Waals surface area contributed by atoms with Gasteiger partial charge in [-0.15, -0.1) is 0 Å². The number of anilines is 1. The first-order chi connectivity index (χ1) is 10.5. The first kappa shape index (κ1) is 16.4. The molecule has 0 saturated heterocycles. The maximum Gasteiger partial charge on any atom is 0.171 e. The molecule has 0 fully saturated rings. The SMILES string of the molecule is COc1ccc(NC(=S)NCc2c(Cl)cnn2C)c(OC)c1. The van der Waals surface area contributed by atoms with E-state index in [9.17, 15) is 0 Å². The van der Waals surface area contributed by atoms with Crippen molar-refractivity contribution in [1.29, 1.82) is 0 Å². The summed E-state index contributed by atoms with van der Waals surface area (Å²) in [5.41, 5.74) is 1.60. The van der Waals surface area contributed by atoms with Crippen LogP contribution in [0.4, 0.5) is 5.69 Å². The number of benzene rings is 1. The van der Waals surface area contributed by atoms with Crippen molar-refractivity contribution >= 4 is 34.6 Å². The van der Waals surface area contributed by atoms with E-state index in [1.165, 1.54) is 0 Å². The van der Waals surface area contributed by atoms with Gasteiger partial charge in [0.1, 0.15) is 11.5 Å². The Bertz CT molecular complexity index is 655. The Hall–Kier alpha value is -1.99. The summed E-state index contributed by atoms with van der Waals surface area (Å²) in [5, 5.41) is 11.3. The minimum absolute atomic E-state index is 0.459. The van der Waals surface area contributed by atoms with Gasteiger partial charge in [-0.1, -0.05) is 11.6 Å². The van der Waals surface area contributed by atoms with Crippen molar-refractivity contribution < 1.29 is 9.47 Å². The van der Waals surface area contributed by atoms with E-state index < -0.39 is 0 Å². The van der Waals surface area contributed by atoms with Crippen molar-refractivity contribution in [2.45, 2.75) is 6.54 Å². The summed E-state index contributed by atoms with van der Waals surface area (Å²) in [6, 6.07) is 5.44. The second-order valence-electron chi connectivity index (χ2n) is 4.44. The van der Waals surface area contributed by atoms with E-state index in [2.05, 4.69) is 15.7 Å². The van der Waals surface area contributed by atoms with Crippen LogP contribution in [0.1, 0.15) is 5.69 Å². The number of nitrogens with zero attached hydrogens (tertiary/aromatic N) is 2. The van der Waals surface area contributed by atoms with Gasteiger partial charge in [0, 0.05) is 13.1 Å². The fourth-order valence-corrected chi connectivity index (χ4v) is 2.28. The molecule has 1 aromatic carbocycles. The van der Waals surface area contributed by atoms with Crippen LogP contribution in [0.3, 0.4) is 0 Å². The van der Waals surface area contributed by atoms with E-state index in [4.69, 9.17) is 33.3 Å². The van der Waals surface area contributed by atoms with E-state index in [1.54, 1.807) is 31.2 Å². The van der Waals surface area contributed by atoms with Crippen LogP contribution >= 0.6 is 23.8 Å². The van der Waals surface area contributed by atoms with Crippen molar-refractivity contribution in [3.8, 4) is 11.5 Å². The smallest absolute Gasteiger partial charge is 0.171 e. The quantitative estimate of drug-likeness (QED) is 0.816. The van der Waals surface area contributed by atoms with Crippen LogP contribution in [-0.2, 0) is 13.6 Å². The van der Waals surface area contributed by atoms with Crippen LogP contribution in [-0.4, -0.2) is 29.1 Å². The van der Waals surface area contributed by atoms with Crippen LogP contribution in [0.2, 0.25) is 5.02 Å². The van der Waals surface area contributed by atoms with Crippen molar-refractivity contribution in [1.82, 2.24) is 15.1 Å². The molecule has 2 aromatic rings. The lowest BCUT2D eigenvalue weighted by molar-refractivity contribution is 0.395. The minimum Gasteiger partial charge on any atom is -0.497 e. The lowest BCUT2D eigenvalue weighted by Crippen LogP contribution is -2.29. The molecule has 0 saturated carbocycles. The highest BCUT2D eigenvalue weighted by molar-refractivity contribution is 7.80. The van der Waals surface area contributed by atoms with Gasteiger partial charge in [-0.2, -0.15) is 5.10 Å². The number of ether oxygens (including phenoxy) is 2. The Labute approximate surface area is 139 Å².